The van der Waals surface area contributed by atoms with Crippen LogP contribution in [0.1, 0.15) is 25.7 Å². The lowest BCUT2D eigenvalue weighted by Gasteiger charge is -2.29. The highest BCUT2D eigenvalue weighted by Crippen LogP contribution is 2.30. The first kappa shape index (κ1) is 12.5. The van der Waals surface area contributed by atoms with Crippen LogP contribution >= 0.6 is 11.6 Å². The Hall–Kier alpha value is -0.930. The molecule has 0 aliphatic heterocycles. The lowest BCUT2D eigenvalue weighted by molar-refractivity contribution is 0.116. The minimum absolute atomic E-state index is 0.0936. The van der Waals surface area contributed by atoms with Crippen LogP contribution in [0.25, 0.3) is 0 Å². The van der Waals surface area contributed by atoms with Crippen molar-refractivity contribution >= 4 is 17.3 Å². The number of nitrogens with one attached hydrogen (secondary N) is 1. The highest BCUT2D eigenvalue weighted by atomic mass is 35.5. The predicted octanol–water partition coefficient (Wildman–Crippen LogP) is 3.06. The number of halogens is 1. The second kappa shape index (κ2) is 5.61. The zero-order chi connectivity index (χ0) is 12.3. The fourth-order valence-electron chi connectivity index (χ4n) is 2.27. The number of hydrogen-bond acceptors (Lipinski definition) is 3. The van der Waals surface area contributed by atoms with Crippen LogP contribution in [-0.4, -0.2) is 24.4 Å². The van der Waals surface area contributed by atoms with Gasteiger partial charge in [0, 0.05) is 5.02 Å². The summed E-state index contributed by atoms with van der Waals surface area (Å²) in [5, 5.41) is 13.9. The van der Waals surface area contributed by atoms with E-state index < -0.39 is 0 Å². The SMILES string of the molecule is COc1ccc(Cl)cc1NC1CCCCC1O. The zero-order valence-electron chi connectivity index (χ0n) is 9.95. The number of aliphatic hydroxyl groups is 1. The van der Waals surface area contributed by atoms with E-state index in [9.17, 15) is 5.11 Å². The molecule has 0 bridgehead atoms. The Labute approximate surface area is 107 Å². The third kappa shape index (κ3) is 3.05. The number of benzene rings is 1. The van der Waals surface area contributed by atoms with E-state index in [0.29, 0.717) is 5.02 Å². The minimum Gasteiger partial charge on any atom is -0.495 e. The minimum atomic E-state index is -0.285. The summed E-state index contributed by atoms with van der Waals surface area (Å²) >= 11 is 5.97. The molecule has 3 nitrogen and oxygen atoms in total. The van der Waals surface area contributed by atoms with Gasteiger partial charge >= 0.3 is 0 Å². The molecule has 2 rings (SSSR count). The van der Waals surface area contributed by atoms with Crippen LogP contribution in [0.4, 0.5) is 5.69 Å². The zero-order valence-corrected chi connectivity index (χ0v) is 10.7. The van der Waals surface area contributed by atoms with Gasteiger partial charge in [-0.25, -0.2) is 0 Å². The summed E-state index contributed by atoms with van der Waals surface area (Å²) in [7, 11) is 1.63. The first-order valence-electron chi connectivity index (χ1n) is 5.99. The lowest BCUT2D eigenvalue weighted by atomic mass is 9.92. The van der Waals surface area contributed by atoms with Gasteiger partial charge in [-0.05, 0) is 31.0 Å². The van der Waals surface area contributed by atoms with E-state index >= 15 is 0 Å². The fraction of sp³-hybridized carbons (Fsp3) is 0.538. The maximum absolute atomic E-state index is 9.93. The molecule has 2 atom stereocenters. The number of aliphatic hydroxyl groups excluding tert-OH is 1. The number of hydrogen-bond donors (Lipinski definition) is 2. The molecule has 0 aromatic heterocycles. The van der Waals surface area contributed by atoms with E-state index in [1.54, 1.807) is 13.2 Å². The molecule has 1 saturated carbocycles. The van der Waals surface area contributed by atoms with Crippen molar-refractivity contribution in [3.05, 3.63) is 23.2 Å². The third-order valence-electron chi connectivity index (χ3n) is 3.23. The Morgan fingerprint density at radius 3 is 2.82 bits per heavy atom. The fourth-order valence-corrected chi connectivity index (χ4v) is 2.44. The Bertz CT molecular complexity index is 384. The summed E-state index contributed by atoms with van der Waals surface area (Å²) in [5.74, 6) is 0.757. The van der Waals surface area contributed by atoms with Gasteiger partial charge in [0.1, 0.15) is 5.75 Å². The van der Waals surface area contributed by atoms with E-state index in [4.69, 9.17) is 16.3 Å². The van der Waals surface area contributed by atoms with Crippen LogP contribution in [0.15, 0.2) is 18.2 Å². The monoisotopic (exact) mass is 255 g/mol. The van der Waals surface area contributed by atoms with Gasteiger partial charge in [0.2, 0.25) is 0 Å². The van der Waals surface area contributed by atoms with Crippen molar-refractivity contribution in [2.75, 3.05) is 12.4 Å². The molecular formula is C13H18ClNO2. The van der Waals surface area contributed by atoms with E-state index in [1.807, 2.05) is 12.1 Å². The van der Waals surface area contributed by atoms with Crippen LogP contribution in [0.2, 0.25) is 5.02 Å². The average molecular weight is 256 g/mol. The molecule has 0 heterocycles. The topological polar surface area (TPSA) is 41.5 Å². The average Bonchev–Trinajstić information content (AvgIpc) is 2.32. The molecule has 17 heavy (non-hydrogen) atoms. The standard InChI is InChI=1S/C13H18ClNO2/c1-17-13-7-6-9(14)8-11(13)15-10-4-2-3-5-12(10)16/h6-8,10,12,15-16H,2-5H2,1H3. The summed E-state index contributed by atoms with van der Waals surface area (Å²) in [4.78, 5) is 0. The van der Waals surface area contributed by atoms with Crippen LogP contribution in [0.3, 0.4) is 0 Å². The summed E-state index contributed by atoms with van der Waals surface area (Å²) in [6, 6.07) is 5.56. The molecular weight excluding hydrogens is 238 g/mol. The van der Waals surface area contributed by atoms with Crippen molar-refractivity contribution in [3.63, 3.8) is 0 Å². The van der Waals surface area contributed by atoms with Crippen LogP contribution in [0, 0.1) is 0 Å². The van der Waals surface area contributed by atoms with Crippen molar-refractivity contribution in [1.82, 2.24) is 0 Å². The lowest BCUT2D eigenvalue weighted by Crippen LogP contribution is -2.36. The normalized spacial score (nSPS) is 24.4. The largest absolute Gasteiger partial charge is 0.495 e. The number of anilines is 1. The maximum atomic E-state index is 9.93. The Balaban J connectivity index is 2.13. The van der Waals surface area contributed by atoms with Crippen molar-refractivity contribution in [2.24, 2.45) is 0 Å². The van der Waals surface area contributed by atoms with Gasteiger partial charge in [-0.1, -0.05) is 24.4 Å². The smallest absolute Gasteiger partial charge is 0.142 e. The van der Waals surface area contributed by atoms with Gasteiger partial charge < -0.3 is 15.2 Å². The quantitative estimate of drug-likeness (QED) is 0.872. The number of ether oxygens (including phenoxy) is 1. The predicted molar refractivity (Wildman–Crippen MR) is 69.9 cm³/mol. The van der Waals surface area contributed by atoms with Gasteiger partial charge in [-0.3, -0.25) is 0 Å². The van der Waals surface area contributed by atoms with Gasteiger partial charge in [-0.15, -0.1) is 0 Å². The molecule has 0 amide bonds. The molecule has 0 spiro atoms. The molecule has 1 aliphatic rings. The van der Waals surface area contributed by atoms with Crippen LogP contribution < -0.4 is 10.1 Å². The van der Waals surface area contributed by atoms with Crippen LogP contribution in [0.5, 0.6) is 5.75 Å². The van der Waals surface area contributed by atoms with Crippen LogP contribution in [-0.2, 0) is 0 Å². The first-order valence-corrected chi connectivity index (χ1v) is 6.36. The molecule has 4 heteroatoms. The van der Waals surface area contributed by atoms with Crippen molar-refractivity contribution in [2.45, 2.75) is 37.8 Å². The molecule has 1 aromatic carbocycles. The summed E-state index contributed by atoms with van der Waals surface area (Å²) in [6.45, 7) is 0. The number of methoxy groups -OCH3 is 1. The highest BCUT2D eigenvalue weighted by molar-refractivity contribution is 6.30. The first-order chi connectivity index (χ1) is 8.20. The second-order valence-corrected chi connectivity index (χ2v) is 4.88. The highest BCUT2D eigenvalue weighted by Gasteiger charge is 2.23. The maximum Gasteiger partial charge on any atom is 0.142 e. The number of rotatable bonds is 3. The molecule has 2 N–H and O–H groups in total. The molecule has 0 radical (unpaired) electrons. The van der Waals surface area contributed by atoms with Gasteiger partial charge in [0.25, 0.3) is 0 Å². The summed E-state index contributed by atoms with van der Waals surface area (Å²) < 4.78 is 5.27. The van der Waals surface area contributed by atoms with Crippen molar-refractivity contribution < 1.29 is 9.84 Å². The van der Waals surface area contributed by atoms with E-state index in [0.717, 1.165) is 37.1 Å². The molecule has 1 fully saturated rings. The van der Waals surface area contributed by atoms with E-state index in [2.05, 4.69) is 5.32 Å². The van der Waals surface area contributed by atoms with Gasteiger partial charge in [-0.2, -0.15) is 0 Å². The second-order valence-electron chi connectivity index (χ2n) is 4.45. The Kier molecular flexibility index (Phi) is 4.13. The van der Waals surface area contributed by atoms with E-state index in [-0.39, 0.29) is 12.1 Å². The summed E-state index contributed by atoms with van der Waals surface area (Å²) in [6.07, 6.45) is 3.81. The molecule has 0 saturated heterocycles. The van der Waals surface area contributed by atoms with Crippen molar-refractivity contribution in [3.8, 4) is 5.75 Å². The Morgan fingerprint density at radius 2 is 2.12 bits per heavy atom. The summed E-state index contributed by atoms with van der Waals surface area (Å²) in [5.41, 5.74) is 0.853. The Morgan fingerprint density at radius 1 is 1.35 bits per heavy atom. The molecule has 2 unspecified atom stereocenters. The van der Waals surface area contributed by atoms with Gasteiger partial charge in [0.05, 0.1) is 24.9 Å². The molecule has 94 valence electrons. The molecule has 1 aliphatic carbocycles. The third-order valence-corrected chi connectivity index (χ3v) is 3.47. The van der Waals surface area contributed by atoms with Gasteiger partial charge in [0.15, 0.2) is 0 Å². The molecule has 1 aromatic rings. The van der Waals surface area contributed by atoms with E-state index in [1.165, 1.54) is 0 Å². The van der Waals surface area contributed by atoms with Crippen molar-refractivity contribution in [1.29, 1.82) is 0 Å².